The first-order chi connectivity index (χ1) is 15.8. The summed E-state index contributed by atoms with van der Waals surface area (Å²) in [5.41, 5.74) is 4.07. The first kappa shape index (κ1) is 21.1. The van der Waals surface area contributed by atoms with Gasteiger partial charge >= 0.3 is 5.97 Å². The van der Waals surface area contributed by atoms with Crippen LogP contribution in [0.1, 0.15) is 40.0 Å². The highest BCUT2D eigenvalue weighted by Gasteiger charge is 2.26. The predicted molar refractivity (Wildman–Crippen MR) is 127 cm³/mol. The van der Waals surface area contributed by atoms with Crippen LogP contribution in [-0.2, 0) is 6.61 Å². The molecule has 0 radical (unpaired) electrons. The molecule has 2 heterocycles. The maximum absolute atomic E-state index is 13.4. The summed E-state index contributed by atoms with van der Waals surface area (Å²) in [6, 6.07) is 15.5. The molecule has 1 aliphatic rings. The van der Waals surface area contributed by atoms with Crippen LogP contribution in [0.4, 0.5) is 5.69 Å². The second-order valence-electron chi connectivity index (χ2n) is 8.13. The molecule has 33 heavy (non-hydrogen) atoms. The molecule has 7 heteroatoms. The largest absolute Gasteiger partial charge is 0.481 e. The highest BCUT2D eigenvalue weighted by Crippen LogP contribution is 2.40. The summed E-state index contributed by atoms with van der Waals surface area (Å²) in [6.45, 7) is 4.04. The molecular weight excluding hydrogens is 442 g/mol. The number of ether oxygens (including phenoxy) is 1. The third-order valence-electron chi connectivity index (χ3n) is 5.80. The van der Waals surface area contributed by atoms with Gasteiger partial charge in [0.25, 0.3) is 0 Å². The van der Waals surface area contributed by atoms with Gasteiger partial charge in [-0.25, -0.2) is 4.79 Å². The number of carboxylic acid groups (broad SMARTS) is 1. The number of aromatic carboxylic acids is 1. The van der Waals surface area contributed by atoms with Crippen molar-refractivity contribution in [3.05, 3.63) is 92.1 Å². The summed E-state index contributed by atoms with van der Waals surface area (Å²) in [4.78, 5) is 25.0. The van der Waals surface area contributed by atoms with Gasteiger partial charge in [0.1, 0.15) is 12.2 Å². The zero-order chi connectivity index (χ0) is 23.3. The molecule has 1 aliphatic heterocycles. The number of hydrogen-bond acceptors (Lipinski definition) is 5. The summed E-state index contributed by atoms with van der Waals surface area (Å²) < 4.78 is 12.1. The van der Waals surface area contributed by atoms with Gasteiger partial charge in [-0.05, 0) is 55.8 Å². The van der Waals surface area contributed by atoms with E-state index in [1.165, 1.54) is 0 Å². The number of aryl methyl sites for hydroxylation is 1. The topological polar surface area (TPSA) is 88.8 Å². The SMILES string of the molecule is Cc1cc(C(C)Nc2ccccc2C(=O)O)c2oc3c(c(=O)c2c1)OCc1cc(Cl)ccc1-3. The molecule has 1 aromatic heterocycles. The molecule has 6 nitrogen and oxygen atoms in total. The second kappa shape index (κ2) is 7.98. The Morgan fingerprint density at radius 2 is 1.94 bits per heavy atom. The van der Waals surface area contributed by atoms with Crippen molar-refractivity contribution in [1.29, 1.82) is 0 Å². The predicted octanol–water partition coefficient (Wildman–Crippen LogP) is 6.19. The van der Waals surface area contributed by atoms with Gasteiger partial charge in [0.2, 0.25) is 11.2 Å². The van der Waals surface area contributed by atoms with Crippen LogP contribution in [0.25, 0.3) is 22.3 Å². The fraction of sp³-hybridized carbons (Fsp3) is 0.154. The van der Waals surface area contributed by atoms with Crippen LogP contribution in [-0.4, -0.2) is 11.1 Å². The number of anilines is 1. The molecule has 0 saturated carbocycles. The van der Waals surface area contributed by atoms with Gasteiger partial charge in [0, 0.05) is 27.4 Å². The molecule has 1 unspecified atom stereocenters. The van der Waals surface area contributed by atoms with Crippen LogP contribution in [0, 0.1) is 6.92 Å². The molecule has 5 rings (SSSR count). The van der Waals surface area contributed by atoms with Gasteiger partial charge < -0.3 is 19.6 Å². The molecule has 0 aliphatic carbocycles. The number of para-hydroxylation sites is 1. The monoisotopic (exact) mass is 461 g/mol. The highest BCUT2D eigenvalue weighted by molar-refractivity contribution is 6.30. The van der Waals surface area contributed by atoms with E-state index in [2.05, 4.69) is 5.32 Å². The Kier molecular flexibility index (Phi) is 5.10. The number of hydrogen-bond donors (Lipinski definition) is 2. The number of rotatable bonds is 4. The molecule has 0 bridgehead atoms. The van der Waals surface area contributed by atoms with Crippen LogP contribution in [0.15, 0.2) is 63.8 Å². The summed E-state index contributed by atoms with van der Waals surface area (Å²) >= 11 is 6.13. The Labute approximate surface area is 194 Å². The first-order valence-corrected chi connectivity index (χ1v) is 10.8. The standard InChI is InChI=1S/C26H20ClNO5/c1-13-9-19(14(2)28-21-6-4-3-5-18(21)26(30)31)23-20(10-13)22(29)25-24(33-23)17-8-7-16(27)11-15(17)12-32-25/h3-11,14,28H,12H2,1-2H3,(H,30,31). The van der Waals surface area contributed by atoms with Gasteiger partial charge in [0.15, 0.2) is 5.76 Å². The van der Waals surface area contributed by atoms with Crippen molar-refractivity contribution in [3.63, 3.8) is 0 Å². The zero-order valence-corrected chi connectivity index (χ0v) is 18.7. The zero-order valence-electron chi connectivity index (χ0n) is 17.9. The smallest absolute Gasteiger partial charge is 0.337 e. The molecule has 3 aromatic carbocycles. The first-order valence-electron chi connectivity index (χ1n) is 10.5. The average Bonchev–Trinajstić information content (AvgIpc) is 2.79. The van der Waals surface area contributed by atoms with Crippen LogP contribution in [0.2, 0.25) is 5.02 Å². The molecule has 1 atom stereocenters. The molecule has 0 fully saturated rings. The minimum Gasteiger partial charge on any atom is -0.481 e. The van der Waals surface area contributed by atoms with Gasteiger partial charge in [-0.15, -0.1) is 0 Å². The Bertz CT molecular complexity index is 1490. The van der Waals surface area contributed by atoms with E-state index in [4.69, 9.17) is 20.8 Å². The third-order valence-corrected chi connectivity index (χ3v) is 6.04. The van der Waals surface area contributed by atoms with E-state index in [1.54, 1.807) is 42.5 Å². The van der Waals surface area contributed by atoms with Crippen LogP contribution in [0.3, 0.4) is 0 Å². The van der Waals surface area contributed by atoms with Crippen molar-refractivity contribution < 1.29 is 19.1 Å². The van der Waals surface area contributed by atoms with Crippen molar-refractivity contribution in [1.82, 2.24) is 0 Å². The van der Waals surface area contributed by atoms with E-state index in [0.29, 0.717) is 27.4 Å². The van der Waals surface area contributed by atoms with Gasteiger partial charge in [-0.1, -0.05) is 29.8 Å². The minimum atomic E-state index is -1.02. The molecule has 0 spiro atoms. The maximum atomic E-state index is 13.4. The van der Waals surface area contributed by atoms with E-state index in [1.807, 2.05) is 26.0 Å². The van der Waals surface area contributed by atoms with Crippen molar-refractivity contribution in [3.8, 4) is 17.1 Å². The quantitative estimate of drug-likeness (QED) is 0.377. The lowest BCUT2D eigenvalue weighted by molar-refractivity contribution is 0.0698. The van der Waals surface area contributed by atoms with Gasteiger partial charge in [-0.2, -0.15) is 0 Å². The number of carbonyl (C=O) groups is 1. The minimum absolute atomic E-state index is 0.166. The maximum Gasteiger partial charge on any atom is 0.337 e. The number of halogens is 1. The van der Waals surface area contributed by atoms with Crippen molar-refractivity contribution >= 4 is 34.2 Å². The Hall–Kier alpha value is -3.77. The van der Waals surface area contributed by atoms with Crippen LogP contribution >= 0.6 is 11.6 Å². The fourth-order valence-corrected chi connectivity index (χ4v) is 4.44. The Morgan fingerprint density at radius 3 is 2.73 bits per heavy atom. The Morgan fingerprint density at radius 1 is 1.15 bits per heavy atom. The molecule has 0 amide bonds. The summed E-state index contributed by atoms with van der Waals surface area (Å²) in [5.74, 6) is -0.466. The number of carboxylic acids is 1. The summed E-state index contributed by atoms with van der Waals surface area (Å²) in [7, 11) is 0. The fourth-order valence-electron chi connectivity index (χ4n) is 4.25. The Balaban J connectivity index is 1.69. The third kappa shape index (κ3) is 3.62. The molecular formula is C26H20ClNO5. The van der Waals surface area contributed by atoms with Crippen LogP contribution in [0.5, 0.6) is 5.75 Å². The average molecular weight is 462 g/mol. The molecule has 4 aromatic rings. The molecule has 0 saturated heterocycles. The lowest BCUT2D eigenvalue weighted by Gasteiger charge is -2.22. The van der Waals surface area contributed by atoms with Gasteiger partial charge in [0.05, 0.1) is 17.0 Å². The number of fused-ring (bicyclic) bond motifs is 4. The van der Waals surface area contributed by atoms with E-state index >= 15 is 0 Å². The van der Waals surface area contributed by atoms with Crippen molar-refractivity contribution in [2.75, 3.05) is 5.32 Å². The van der Waals surface area contributed by atoms with E-state index < -0.39 is 5.97 Å². The normalized spacial score (nSPS) is 13.1. The van der Waals surface area contributed by atoms with Crippen molar-refractivity contribution in [2.45, 2.75) is 26.5 Å². The van der Waals surface area contributed by atoms with E-state index in [-0.39, 0.29) is 29.4 Å². The summed E-state index contributed by atoms with van der Waals surface area (Å²) in [5, 5.41) is 13.8. The lowest BCUT2D eigenvalue weighted by Crippen LogP contribution is -2.16. The van der Waals surface area contributed by atoms with Gasteiger partial charge in [-0.3, -0.25) is 4.79 Å². The van der Waals surface area contributed by atoms with E-state index in [0.717, 1.165) is 22.3 Å². The summed E-state index contributed by atoms with van der Waals surface area (Å²) in [6.07, 6.45) is 0. The number of benzene rings is 3. The molecule has 166 valence electrons. The lowest BCUT2D eigenvalue weighted by atomic mass is 9.98. The number of nitrogens with one attached hydrogen (secondary N) is 1. The van der Waals surface area contributed by atoms with Crippen LogP contribution < -0.4 is 15.5 Å². The molecule has 2 N–H and O–H groups in total. The highest BCUT2D eigenvalue weighted by atomic mass is 35.5. The van der Waals surface area contributed by atoms with E-state index in [9.17, 15) is 14.7 Å². The second-order valence-corrected chi connectivity index (χ2v) is 8.56. The van der Waals surface area contributed by atoms with Crippen molar-refractivity contribution in [2.24, 2.45) is 0 Å².